The molecule has 4 heteroatoms. The van der Waals surface area contributed by atoms with Crippen LogP contribution >= 0.6 is 11.6 Å². The molecule has 1 amide bonds. The van der Waals surface area contributed by atoms with Crippen molar-refractivity contribution < 1.29 is 9.53 Å². The van der Waals surface area contributed by atoms with Crippen LogP contribution in [-0.4, -0.2) is 19.1 Å². The van der Waals surface area contributed by atoms with Crippen molar-refractivity contribution in [3.8, 4) is 5.75 Å². The van der Waals surface area contributed by atoms with Crippen LogP contribution in [0.5, 0.6) is 5.75 Å². The van der Waals surface area contributed by atoms with Crippen molar-refractivity contribution >= 4 is 17.5 Å². The van der Waals surface area contributed by atoms with Gasteiger partial charge in [-0.15, -0.1) is 0 Å². The minimum absolute atomic E-state index is 0.0996. The molecule has 0 fully saturated rings. The van der Waals surface area contributed by atoms with Gasteiger partial charge in [0.15, 0.2) is 0 Å². The average Bonchev–Trinajstić information content (AvgIpc) is 2.40. The number of amides is 1. The van der Waals surface area contributed by atoms with Gasteiger partial charge in [-0.3, -0.25) is 4.79 Å². The highest BCUT2D eigenvalue weighted by molar-refractivity contribution is 6.32. The number of ether oxygens (including phenoxy) is 1. The summed E-state index contributed by atoms with van der Waals surface area (Å²) < 4.78 is 5.57. The zero-order valence-corrected chi connectivity index (χ0v) is 12.6. The predicted molar refractivity (Wildman–Crippen MR) is 78.8 cm³/mol. The molecule has 106 valence electrons. The molecule has 0 heterocycles. The second-order valence-electron chi connectivity index (χ2n) is 4.59. The van der Waals surface area contributed by atoms with Gasteiger partial charge in [0, 0.05) is 5.92 Å². The van der Waals surface area contributed by atoms with Crippen molar-refractivity contribution in [3.05, 3.63) is 28.8 Å². The molecule has 1 N–H and O–H groups in total. The first kappa shape index (κ1) is 15.8. The molecule has 0 aromatic heterocycles. The number of halogens is 1. The van der Waals surface area contributed by atoms with Crippen LogP contribution in [0.25, 0.3) is 0 Å². The van der Waals surface area contributed by atoms with Gasteiger partial charge >= 0.3 is 0 Å². The van der Waals surface area contributed by atoms with E-state index in [0.29, 0.717) is 23.9 Å². The Hall–Kier alpha value is -1.22. The molecule has 0 saturated heterocycles. The molecule has 19 heavy (non-hydrogen) atoms. The maximum Gasteiger partial charge on any atom is 0.223 e. The lowest BCUT2D eigenvalue weighted by molar-refractivity contribution is -0.125. The Labute approximate surface area is 120 Å². The highest BCUT2D eigenvalue weighted by Crippen LogP contribution is 2.24. The van der Waals surface area contributed by atoms with Gasteiger partial charge in [0.1, 0.15) is 12.4 Å². The molecule has 0 saturated carbocycles. The van der Waals surface area contributed by atoms with Gasteiger partial charge < -0.3 is 10.1 Å². The number of nitrogens with one attached hydrogen (secondary N) is 1. The Morgan fingerprint density at radius 2 is 2.05 bits per heavy atom. The molecule has 0 spiro atoms. The Morgan fingerprint density at radius 3 is 2.68 bits per heavy atom. The molecular formula is C15H22ClNO2. The lowest BCUT2D eigenvalue weighted by atomic mass is 10.0. The van der Waals surface area contributed by atoms with Crippen LogP contribution in [0.15, 0.2) is 18.2 Å². The van der Waals surface area contributed by atoms with Crippen LogP contribution in [0.4, 0.5) is 0 Å². The second-order valence-corrected chi connectivity index (χ2v) is 4.99. The third kappa shape index (κ3) is 5.11. The third-order valence-corrected chi connectivity index (χ3v) is 3.41. The highest BCUT2D eigenvalue weighted by atomic mass is 35.5. The summed E-state index contributed by atoms with van der Waals surface area (Å²) in [6.45, 7) is 6.96. The number of aryl methyl sites for hydroxylation is 1. The predicted octanol–water partition coefficient (Wildman–Crippen LogP) is 3.58. The monoisotopic (exact) mass is 283 g/mol. The van der Waals surface area contributed by atoms with Gasteiger partial charge in [-0.05, 0) is 37.5 Å². The van der Waals surface area contributed by atoms with Crippen molar-refractivity contribution in [1.82, 2.24) is 5.32 Å². The van der Waals surface area contributed by atoms with Crippen LogP contribution in [0, 0.1) is 12.8 Å². The Kier molecular flexibility index (Phi) is 6.71. The van der Waals surface area contributed by atoms with Crippen LogP contribution in [0.2, 0.25) is 5.02 Å². The zero-order chi connectivity index (χ0) is 14.3. The van der Waals surface area contributed by atoms with Gasteiger partial charge in [-0.2, -0.15) is 0 Å². The van der Waals surface area contributed by atoms with Crippen molar-refractivity contribution in [2.75, 3.05) is 13.2 Å². The number of benzene rings is 1. The number of carbonyl (C=O) groups is 1. The van der Waals surface area contributed by atoms with Gasteiger partial charge in [-0.25, -0.2) is 0 Å². The molecular weight excluding hydrogens is 262 g/mol. The van der Waals surface area contributed by atoms with E-state index in [1.54, 1.807) is 0 Å². The largest absolute Gasteiger partial charge is 0.490 e. The lowest BCUT2D eigenvalue weighted by Gasteiger charge is -2.13. The molecule has 1 aromatic rings. The van der Waals surface area contributed by atoms with Gasteiger partial charge in [0.05, 0.1) is 11.6 Å². The minimum atomic E-state index is 0.0996. The normalized spacial score (nSPS) is 10.6. The van der Waals surface area contributed by atoms with E-state index in [1.165, 1.54) is 0 Å². The number of rotatable bonds is 7. The molecule has 0 aliphatic rings. The van der Waals surface area contributed by atoms with Gasteiger partial charge in [0.2, 0.25) is 5.91 Å². The maximum atomic E-state index is 11.7. The second kappa shape index (κ2) is 8.05. The molecule has 0 atom stereocenters. The molecule has 1 rings (SSSR count). The number of hydrogen-bond acceptors (Lipinski definition) is 2. The molecule has 1 aromatic carbocycles. The molecule has 3 nitrogen and oxygen atoms in total. The van der Waals surface area contributed by atoms with Crippen LogP contribution in [0.3, 0.4) is 0 Å². The number of carbonyl (C=O) groups excluding carboxylic acids is 1. The SMILES string of the molecule is CCC(CC)C(=O)NCCOc1cc(C)ccc1Cl. The smallest absolute Gasteiger partial charge is 0.223 e. The maximum absolute atomic E-state index is 11.7. The summed E-state index contributed by atoms with van der Waals surface area (Å²) in [7, 11) is 0. The van der Waals surface area contributed by atoms with Crippen LogP contribution in [0.1, 0.15) is 32.3 Å². The van der Waals surface area contributed by atoms with Gasteiger partial charge in [-0.1, -0.05) is 31.5 Å². The zero-order valence-electron chi connectivity index (χ0n) is 11.8. The summed E-state index contributed by atoms with van der Waals surface area (Å²) in [5.41, 5.74) is 1.10. The lowest BCUT2D eigenvalue weighted by Crippen LogP contribution is -2.33. The molecule has 0 radical (unpaired) electrons. The van der Waals surface area contributed by atoms with E-state index in [-0.39, 0.29) is 11.8 Å². The number of hydrogen-bond donors (Lipinski definition) is 1. The van der Waals surface area contributed by atoms with Crippen LogP contribution in [-0.2, 0) is 4.79 Å². The summed E-state index contributed by atoms with van der Waals surface area (Å²) in [6, 6.07) is 5.64. The van der Waals surface area contributed by atoms with Crippen molar-refractivity contribution in [1.29, 1.82) is 0 Å². The van der Waals surface area contributed by atoms with Crippen molar-refractivity contribution in [2.45, 2.75) is 33.6 Å². The van der Waals surface area contributed by atoms with E-state index in [2.05, 4.69) is 5.32 Å². The van der Waals surface area contributed by atoms with Gasteiger partial charge in [0.25, 0.3) is 0 Å². The first-order valence-electron chi connectivity index (χ1n) is 6.75. The third-order valence-electron chi connectivity index (χ3n) is 3.10. The summed E-state index contributed by atoms with van der Waals surface area (Å²) >= 11 is 6.02. The van der Waals surface area contributed by atoms with Crippen molar-refractivity contribution in [2.24, 2.45) is 5.92 Å². The van der Waals surface area contributed by atoms with E-state index in [9.17, 15) is 4.79 Å². The summed E-state index contributed by atoms with van der Waals surface area (Å²) in [4.78, 5) is 11.7. The topological polar surface area (TPSA) is 38.3 Å². The average molecular weight is 284 g/mol. The van der Waals surface area contributed by atoms with E-state index < -0.39 is 0 Å². The molecule has 0 bridgehead atoms. The van der Waals surface area contributed by atoms with Crippen LogP contribution < -0.4 is 10.1 Å². The summed E-state index contributed by atoms with van der Waals surface area (Å²) in [6.07, 6.45) is 1.74. The van der Waals surface area contributed by atoms with E-state index in [1.807, 2.05) is 39.0 Å². The van der Waals surface area contributed by atoms with Crippen molar-refractivity contribution in [3.63, 3.8) is 0 Å². The first-order valence-corrected chi connectivity index (χ1v) is 7.12. The molecule has 0 aliphatic heterocycles. The molecule has 0 aliphatic carbocycles. The van der Waals surface area contributed by atoms with E-state index >= 15 is 0 Å². The fourth-order valence-corrected chi connectivity index (χ4v) is 2.03. The minimum Gasteiger partial charge on any atom is -0.490 e. The fourth-order valence-electron chi connectivity index (χ4n) is 1.86. The van der Waals surface area contributed by atoms with E-state index in [4.69, 9.17) is 16.3 Å². The fraction of sp³-hybridized carbons (Fsp3) is 0.533. The summed E-state index contributed by atoms with van der Waals surface area (Å²) in [5.74, 6) is 0.866. The standard InChI is InChI=1S/C15H22ClNO2/c1-4-12(5-2)15(18)17-8-9-19-14-10-11(3)6-7-13(14)16/h6-7,10,12H,4-5,8-9H2,1-3H3,(H,17,18). The Morgan fingerprint density at radius 1 is 1.37 bits per heavy atom. The summed E-state index contributed by atoms with van der Waals surface area (Å²) in [5, 5.41) is 3.48. The van der Waals surface area contributed by atoms with E-state index in [0.717, 1.165) is 18.4 Å². The Bertz CT molecular complexity index is 417. The first-order chi connectivity index (χ1) is 9.08. The highest BCUT2D eigenvalue weighted by Gasteiger charge is 2.13. The Balaban J connectivity index is 2.35. The molecule has 0 unspecified atom stereocenters. The quantitative estimate of drug-likeness (QED) is 0.777.